The van der Waals surface area contributed by atoms with E-state index < -0.39 is 28.7 Å². The quantitative estimate of drug-likeness (QED) is 0.764. The summed E-state index contributed by atoms with van der Waals surface area (Å²) in [6, 6.07) is -0.439. The lowest BCUT2D eigenvalue weighted by Crippen LogP contribution is -2.46. The fourth-order valence-electron chi connectivity index (χ4n) is 3.37. The number of carbonyl (C=O) groups excluding carboxylic acids is 1. The first kappa shape index (κ1) is 19.4. The van der Waals surface area contributed by atoms with Gasteiger partial charge >= 0.3 is 6.18 Å². The molecule has 2 aromatic rings. The second-order valence-corrected chi connectivity index (χ2v) is 6.85. The molecule has 0 bridgehead atoms. The van der Waals surface area contributed by atoms with Crippen molar-refractivity contribution < 1.29 is 18.0 Å². The lowest BCUT2D eigenvalue weighted by molar-refractivity contribution is -0.137. The van der Waals surface area contributed by atoms with Crippen LogP contribution in [0.25, 0.3) is 0 Å². The van der Waals surface area contributed by atoms with Crippen LogP contribution in [0.2, 0.25) is 5.02 Å². The van der Waals surface area contributed by atoms with Crippen molar-refractivity contribution in [3.8, 4) is 0 Å². The Hall–Kier alpha value is -2.92. The summed E-state index contributed by atoms with van der Waals surface area (Å²) in [6.07, 6.45) is 2.12. The van der Waals surface area contributed by atoms with Gasteiger partial charge in [0.25, 0.3) is 5.91 Å². The van der Waals surface area contributed by atoms with E-state index in [9.17, 15) is 18.0 Å². The van der Waals surface area contributed by atoms with Gasteiger partial charge in [-0.05, 0) is 6.92 Å². The molecule has 0 aliphatic carbocycles. The van der Waals surface area contributed by atoms with Gasteiger partial charge in [-0.15, -0.1) is 5.53 Å². The third-order valence-electron chi connectivity index (χ3n) is 4.81. The van der Waals surface area contributed by atoms with Crippen LogP contribution in [-0.4, -0.2) is 38.3 Å². The smallest absolute Gasteiger partial charge is 0.330 e. The number of anilines is 1. The first-order chi connectivity index (χ1) is 13.8. The first-order valence-corrected chi connectivity index (χ1v) is 8.99. The van der Waals surface area contributed by atoms with Gasteiger partial charge in [0.15, 0.2) is 5.82 Å². The number of rotatable bonds is 2. The molecular weight excluding hydrogens is 411 g/mol. The van der Waals surface area contributed by atoms with Crippen molar-refractivity contribution in [2.24, 2.45) is 0 Å². The van der Waals surface area contributed by atoms with E-state index in [0.717, 1.165) is 11.9 Å². The van der Waals surface area contributed by atoms with Gasteiger partial charge in [-0.1, -0.05) is 11.6 Å². The molecule has 0 saturated carbocycles. The van der Waals surface area contributed by atoms with Gasteiger partial charge in [-0.2, -0.15) is 13.2 Å². The van der Waals surface area contributed by atoms with Crippen LogP contribution in [0.4, 0.5) is 19.0 Å². The highest BCUT2D eigenvalue weighted by Gasteiger charge is 2.39. The molecule has 29 heavy (non-hydrogen) atoms. The minimum absolute atomic E-state index is 0.283. The number of hydrogen-bond donors (Lipinski definition) is 2. The summed E-state index contributed by atoms with van der Waals surface area (Å²) in [5.41, 5.74) is 6.14. The van der Waals surface area contributed by atoms with E-state index in [-0.39, 0.29) is 12.1 Å². The Morgan fingerprint density at radius 1 is 1.24 bits per heavy atom. The van der Waals surface area contributed by atoms with Crippen LogP contribution in [0.1, 0.15) is 29.3 Å². The zero-order valence-corrected chi connectivity index (χ0v) is 15.8. The van der Waals surface area contributed by atoms with Gasteiger partial charge in [-0.3, -0.25) is 14.8 Å². The normalized spacial score (nSPS) is 19.3. The van der Waals surface area contributed by atoms with Gasteiger partial charge in [0.05, 0.1) is 39.8 Å². The minimum Gasteiger partial charge on any atom is -0.330 e. The maximum Gasteiger partial charge on any atom is 0.419 e. The monoisotopic (exact) mass is 425 g/mol. The third kappa shape index (κ3) is 3.36. The molecule has 12 heteroatoms. The van der Waals surface area contributed by atoms with E-state index in [1.807, 2.05) is 0 Å². The second-order valence-electron chi connectivity index (χ2n) is 6.47. The van der Waals surface area contributed by atoms with Gasteiger partial charge in [0.1, 0.15) is 0 Å². The Balaban J connectivity index is 1.62. The third-order valence-corrected chi connectivity index (χ3v) is 5.22. The van der Waals surface area contributed by atoms with Crippen LogP contribution in [0.15, 0.2) is 42.4 Å². The van der Waals surface area contributed by atoms with Crippen molar-refractivity contribution in [1.29, 1.82) is 0 Å². The van der Waals surface area contributed by atoms with Gasteiger partial charge in [-0.25, -0.2) is 9.99 Å². The Morgan fingerprint density at radius 3 is 2.72 bits per heavy atom. The van der Waals surface area contributed by atoms with Crippen molar-refractivity contribution in [1.82, 2.24) is 30.8 Å². The highest BCUT2D eigenvalue weighted by atomic mass is 35.5. The summed E-state index contributed by atoms with van der Waals surface area (Å²) in [4.78, 5) is 26.3. The lowest BCUT2D eigenvalue weighted by atomic mass is 10.0. The SMILES string of the molecule is C[C@@H]1C2=C(CCN1C(=O)c1cncc(C(F)(F)F)c1Cl)N(c1cnccn1)NN2. The first-order valence-electron chi connectivity index (χ1n) is 8.61. The Kier molecular flexibility index (Phi) is 4.79. The molecule has 4 heterocycles. The van der Waals surface area contributed by atoms with Crippen LogP contribution < -0.4 is 16.0 Å². The number of alkyl halides is 3. The molecular formula is C17H15ClF3N7O. The van der Waals surface area contributed by atoms with Crippen LogP contribution in [-0.2, 0) is 6.18 Å². The Morgan fingerprint density at radius 2 is 2.03 bits per heavy atom. The van der Waals surface area contributed by atoms with E-state index in [4.69, 9.17) is 11.6 Å². The van der Waals surface area contributed by atoms with Gasteiger partial charge < -0.3 is 10.3 Å². The average Bonchev–Trinajstić information content (AvgIpc) is 3.13. The molecule has 0 unspecified atom stereocenters. The van der Waals surface area contributed by atoms with Crippen LogP contribution >= 0.6 is 11.6 Å². The molecule has 0 fully saturated rings. The molecule has 0 aromatic carbocycles. The predicted molar refractivity (Wildman–Crippen MR) is 97.2 cm³/mol. The standard InChI is InChI=1S/C17H15ClF3N7O/c1-9-15-12(28(26-25-15)13-8-22-3-4-24-13)2-5-27(9)16(29)10-6-23-7-11(14(10)18)17(19,20)21/h3-4,6-9,25-26H,2,5H2,1H3/t9-/m1/s1. The number of aromatic nitrogens is 3. The molecule has 1 atom stereocenters. The molecule has 8 nitrogen and oxygen atoms in total. The number of carbonyl (C=O) groups is 1. The van der Waals surface area contributed by atoms with E-state index >= 15 is 0 Å². The summed E-state index contributed by atoms with van der Waals surface area (Å²) < 4.78 is 39.3. The number of hydrazine groups is 2. The number of hydrogen-bond acceptors (Lipinski definition) is 7. The molecule has 0 radical (unpaired) electrons. The fourth-order valence-corrected chi connectivity index (χ4v) is 3.66. The highest BCUT2D eigenvalue weighted by molar-refractivity contribution is 6.34. The molecule has 2 aromatic heterocycles. The number of halogens is 4. The molecule has 0 saturated heterocycles. The van der Waals surface area contributed by atoms with E-state index in [1.54, 1.807) is 30.5 Å². The highest BCUT2D eigenvalue weighted by Crippen LogP contribution is 2.37. The summed E-state index contributed by atoms with van der Waals surface area (Å²) in [6.45, 7) is 2.06. The van der Waals surface area contributed by atoms with E-state index in [1.165, 1.54) is 4.90 Å². The Bertz CT molecular complexity index is 983. The van der Waals surface area contributed by atoms with Crippen molar-refractivity contribution >= 4 is 23.3 Å². The largest absolute Gasteiger partial charge is 0.419 e. The molecule has 152 valence electrons. The molecule has 1 amide bonds. The number of pyridine rings is 1. The lowest BCUT2D eigenvalue weighted by Gasteiger charge is -2.34. The zero-order valence-electron chi connectivity index (χ0n) is 15.0. The molecule has 2 aliphatic rings. The summed E-state index contributed by atoms with van der Waals surface area (Å²) >= 11 is 5.90. The van der Waals surface area contributed by atoms with Gasteiger partial charge in [0.2, 0.25) is 0 Å². The molecule has 2 N–H and O–H groups in total. The van der Waals surface area contributed by atoms with Crippen LogP contribution in [0.5, 0.6) is 0 Å². The van der Waals surface area contributed by atoms with E-state index in [2.05, 4.69) is 25.9 Å². The predicted octanol–water partition coefficient (Wildman–Crippen LogP) is 2.52. The minimum atomic E-state index is -4.70. The molecule has 2 aliphatic heterocycles. The number of nitrogens with zero attached hydrogens (tertiary/aromatic N) is 5. The molecule has 0 spiro atoms. The van der Waals surface area contributed by atoms with Crippen molar-refractivity contribution in [2.75, 3.05) is 11.6 Å². The van der Waals surface area contributed by atoms with Crippen molar-refractivity contribution in [2.45, 2.75) is 25.6 Å². The molecule has 4 rings (SSSR count). The maximum absolute atomic E-state index is 13.1. The summed E-state index contributed by atoms with van der Waals surface area (Å²) in [5, 5.41) is 1.07. The van der Waals surface area contributed by atoms with Gasteiger partial charge in [0, 0.05) is 37.8 Å². The average molecular weight is 426 g/mol. The maximum atomic E-state index is 13.1. The topological polar surface area (TPSA) is 86.3 Å². The Labute approximate surface area is 168 Å². The number of amides is 1. The van der Waals surface area contributed by atoms with Crippen molar-refractivity contribution in [3.05, 3.63) is 58.5 Å². The van der Waals surface area contributed by atoms with Crippen molar-refractivity contribution in [3.63, 3.8) is 0 Å². The summed E-state index contributed by atoms with van der Waals surface area (Å²) in [5.74, 6) is -0.0468. The fraction of sp³-hybridized carbons (Fsp3) is 0.294. The summed E-state index contributed by atoms with van der Waals surface area (Å²) in [7, 11) is 0. The number of nitrogens with one attached hydrogen (secondary N) is 2. The van der Waals surface area contributed by atoms with Crippen LogP contribution in [0, 0.1) is 0 Å². The second kappa shape index (κ2) is 7.16. The zero-order chi connectivity index (χ0) is 20.8. The van der Waals surface area contributed by atoms with Crippen LogP contribution in [0.3, 0.4) is 0 Å². The van der Waals surface area contributed by atoms with E-state index in [0.29, 0.717) is 24.1 Å².